The number of hydrogen-bond donors (Lipinski definition) is 2. The standard InChI is InChI=1S/C23H24N4O2/c1-15(22-16(2)26-27(23(22)28)18-7-5-4-6-8-18)24-12-11-17-14-25-21-10-9-19(29-3)13-20(17)21/h4-10,13-14,25-26H,11-12H2,1-3H3. The number of rotatable bonds is 6. The van der Waals surface area contributed by atoms with Crippen molar-refractivity contribution >= 4 is 16.6 Å². The van der Waals surface area contributed by atoms with Gasteiger partial charge >= 0.3 is 0 Å². The van der Waals surface area contributed by atoms with Gasteiger partial charge in [-0.15, -0.1) is 0 Å². The summed E-state index contributed by atoms with van der Waals surface area (Å²) in [5.74, 6) is 0.836. The van der Waals surface area contributed by atoms with E-state index in [1.54, 1.807) is 11.8 Å². The van der Waals surface area contributed by atoms with Crippen LogP contribution in [0.3, 0.4) is 0 Å². The topological polar surface area (TPSA) is 75.2 Å². The first-order valence-corrected chi connectivity index (χ1v) is 9.61. The lowest BCUT2D eigenvalue weighted by atomic mass is 10.1. The fourth-order valence-corrected chi connectivity index (χ4v) is 3.65. The summed E-state index contributed by atoms with van der Waals surface area (Å²) in [4.78, 5) is 20.9. The van der Waals surface area contributed by atoms with Crippen LogP contribution in [0.15, 0.2) is 64.5 Å². The van der Waals surface area contributed by atoms with Gasteiger partial charge < -0.3 is 9.72 Å². The lowest BCUT2D eigenvalue weighted by Crippen LogP contribution is -2.19. The molecule has 0 spiro atoms. The molecule has 2 aromatic heterocycles. The Balaban J connectivity index is 1.56. The Labute approximate surface area is 168 Å². The first-order chi connectivity index (χ1) is 14.1. The number of para-hydroxylation sites is 1. The number of nitrogens with one attached hydrogen (secondary N) is 2. The van der Waals surface area contributed by atoms with Crippen LogP contribution < -0.4 is 10.3 Å². The highest BCUT2D eigenvalue weighted by molar-refractivity contribution is 5.99. The monoisotopic (exact) mass is 388 g/mol. The molecule has 4 aromatic rings. The summed E-state index contributed by atoms with van der Waals surface area (Å²) in [7, 11) is 1.67. The molecular weight excluding hydrogens is 364 g/mol. The van der Waals surface area contributed by atoms with Crippen LogP contribution in [-0.4, -0.2) is 34.1 Å². The van der Waals surface area contributed by atoms with Gasteiger partial charge in [0.1, 0.15) is 5.75 Å². The van der Waals surface area contributed by atoms with Gasteiger partial charge in [0.2, 0.25) is 0 Å². The van der Waals surface area contributed by atoms with E-state index in [1.165, 1.54) is 5.56 Å². The third-order valence-corrected chi connectivity index (χ3v) is 5.15. The molecule has 0 fully saturated rings. The molecule has 148 valence electrons. The molecule has 0 unspecified atom stereocenters. The molecule has 0 atom stereocenters. The molecule has 2 heterocycles. The highest BCUT2D eigenvalue weighted by atomic mass is 16.5. The normalized spacial score (nSPS) is 11.9. The van der Waals surface area contributed by atoms with Crippen molar-refractivity contribution in [1.29, 1.82) is 0 Å². The van der Waals surface area contributed by atoms with Crippen molar-refractivity contribution in [3.8, 4) is 11.4 Å². The summed E-state index contributed by atoms with van der Waals surface area (Å²) in [6, 6.07) is 15.5. The fourth-order valence-electron chi connectivity index (χ4n) is 3.65. The molecular formula is C23H24N4O2. The molecule has 2 aromatic carbocycles. The minimum Gasteiger partial charge on any atom is -0.497 e. The molecule has 29 heavy (non-hydrogen) atoms. The molecule has 6 nitrogen and oxygen atoms in total. The lowest BCUT2D eigenvalue weighted by Gasteiger charge is -2.02. The van der Waals surface area contributed by atoms with Gasteiger partial charge in [-0.05, 0) is 56.2 Å². The molecule has 0 aliphatic rings. The van der Waals surface area contributed by atoms with Crippen molar-refractivity contribution in [2.75, 3.05) is 13.7 Å². The average Bonchev–Trinajstić information content (AvgIpc) is 3.28. The van der Waals surface area contributed by atoms with E-state index in [0.29, 0.717) is 12.1 Å². The molecule has 0 amide bonds. The minimum atomic E-state index is -0.0771. The molecule has 0 radical (unpaired) electrons. The summed E-state index contributed by atoms with van der Waals surface area (Å²) in [6.45, 7) is 4.40. The van der Waals surface area contributed by atoms with Gasteiger partial charge in [0, 0.05) is 35.1 Å². The van der Waals surface area contributed by atoms with Crippen LogP contribution in [0.1, 0.15) is 23.7 Å². The van der Waals surface area contributed by atoms with Gasteiger partial charge in [-0.25, -0.2) is 4.68 Å². The van der Waals surface area contributed by atoms with E-state index in [0.717, 1.165) is 40.2 Å². The number of H-pyrrole nitrogens is 2. The quantitative estimate of drug-likeness (QED) is 0.490. The minimum absolute atomic E-state index is 0.0771. The van der Waals surface area contributed by atoms with Crippen molar-refractivity contribution in [3.63, 3.8) is 0 Å². The molecule has 0 saturated heterocycles. The maximum Gasteiger partial charge on any atom is 0.280 e. The van der Waals surface area contributed by atoms with E-state index < -0.39 is 0 Å². The zero-order chi connectivity index (χ0) is 20.4. The number of nitrogens with zero attached hydrogens (tertiary/aromatic N) is 2. The highest BCUT2D eigenvalue weighted by Gasteiger charge is 2.14. The number of aryl methyl sites for hydroxylation is 1. The summed E-state index contributed by atoms with van der Waals surface area (Å²) in [5.41, 5.74) is 5.19. The molecule has 0 bridgehead atoms. The van der Waals surface area contributed by atoms with E-state index in [1.807, 2.05) is 68.6 Å². The summed E-state index contributed by atoms with van der Waals surface area (Å²) in [5, 5.41) is 4.30. The van der Waals surface area contributed by atoms with Gasteiger partial charge in [-0.2, -0.15) is 0 Å². The summed E-state index contributed by atoms with van der Waals surface area (Å²) in [6.07, 6.45) is 2.79. The number of benzene rings is 2. The maximum absolute atomic E-state index is 12.9. The number of aromatic nitrogens is 3. The molecule has 4 rings (SSSR count). The van der Waals surface area contributed by atoms with Crippen LogP contribution in [0.5, 0.6) is 5.75 Å². The van der Waals surface area contributed by atoms with Crippen molar-refractivity contribution < 1.29 is 4.74 Å². The second kappa shape index (κ2) is 7.83. The molecule has 2 N–H and O–H groups in total. The number of ether oxygens (including phenoxy) is 1. The Hall–Kier alpha value is -3.54. The van der Waals surface area contributed by atoms with E-state index in [2.05, 4.69) is 15.1 Å². The van der Waals surface area contributed by atoms with Crippen LogP contribution in [0, 0.1) is 6.92 Å². The van der Waals surface area contributed by atoms with Gasteiger partial charge in [0.25, 0.3) is 5.56 Å². The Bertz CT molecular complexity index is 1230. The Morgan fingerprint density at radius 1 is 1.17 bits per heavy atom. The van der Waals surface area contributed by atoms with Crippen molar-refractivity contribution in [2.45, 2.75) is 20.3 Å². The van der Waals surface area contributed by atoms with E-state index in [-0.39, 0.29) is 5.56 Å². The zero-order valence-corrected chi connectivity index (χ0v) is 16.8. The molecule has 0 aliphatic heterocycles. The van der Waals surface area contributed by atoms with Crippen molar-refractivity contribution in [2.24, 2.45) is 4.99 Å². The number of aliphatic imine (C=N–C) groups is 1. The zero-order valence-electron chi connectivity index (χ0n) is 16.8. The molecule has 0 aliphatic carbocycles. The van der Waals surface area contributed by atoms with Crippen molar-refractivity contribution in [3.05, 3.63) is 81.9 Å². The SMILES string of the molecule is COc1ccc2[nH]cc(CCN=C(C)c3c(C)[nH]n(-c4ccccc4)c3=O)c2c1. The van der Waals surface area contributed by atoms with Crippen LogP contribution in [0.2, 0.25) is 0 Å². The smallest absolute Gasteiger partial charge is 0.280 e. The first kappa shape index (κ1) is 18.8. The van der Waals surface area contributed by atoms with E-state index in [9.17, 15) is 4.79 Å². The Kier molecular flexibility index (Phi) is 5.08. The highest BCUT2D eigenvalue weighted by Crippen LogP contribution is 2.24. The van der Waals surface area contributed by atoms with E-state index in [4.69, 9.17) is 4.74 Å². The number of aromatic amines is 2. The van der Waals surface area contributed by atoms with Crippen LogP contribution in [0.4, 0.5) is 0 Å². The number of hydrogen-bond acceptors (Lipinski definition) is 3. The Morgan fingerprint density at radius 2 is 1.97 bits per heavy atom. The Morgan fingerprint density at radius 3 is 2.72 bits per heavy atom. The first-order valence-electron chi connectivity index (χ1n) is 9.61. The van der Waals surface area contributed by atoms with Crippen LogP contribution in [-0.2, 0) is 6.42 Å². The van der Waals surface area contributed by atoms with Crippen molar-refractivity contribution in [1.82, 2.24) is 14.8 Å². The summed E-state index contributed by atoms with van der Waals surface area (Å²) < 4.78 is 6.90. The van der Waals surface area contributed by atoms with Gasteiger partial charge in [0.15, 0.2) is 0 Å². The van der Waals surface area contributed by atoms with Crippen LogP contribution in [0.25, 0.3) is 16.6 Å². The number of methoxy groups -OCH3 is 1. The average molecular weight is 388 g/mol. The second-order valence-corrected chi connectivity index (χ2v) is 7.03. The van der Waals surface area contributed by atoms with Gasteiger partial charge in [-0.1, -0.05) is 18.2 Å². The third kappa shape index (κ3) is 3.61. The fraction of sp³-hybridized carbons (Fsp3) is 0.217. The second-order valence-electron chi connectivity index (χ2n) is 7.03. The van der Waals surface area contributed by atoms with E-state index >= 15 is 0 Å². The predicted octanol–water partition coefficient (Wildman–Crippen LogP) is 4.02. The summed E-state index contributed by atoms with van der Waals surface area (Å²) >= 11 is 0. The van der Waals surface area contributed by atoms with Gasteiger partial charge in [0.05, 0.1) is 18.4 Å². The third-order valence-electron chi connectivity index (χ3n) is 5.15. The molecule has 6 heteroatoms. The number of fused-ring (bicyclic) bond motifs is 1. The lowest BCUT2D eigenvalue weighted by molar-refractivity contribution is 0.415. The maximum atomic E-state index is 12.9. The predicted molar refractivity (Wildman–Crippen MR) is 117 cm³/mol. The molecule has 0 saturated carbocycles. The largest absolute Gasteiger partial charge is 0.497 e. The van der Waals surface area contributed by atoms with Gasteiger partial charge in [-0.3, -0.25) is 14.9 Å². The van der Waals surface area contributed by atoms with Crippen LogP contribution >= 0.6 is 0 Å².